The molecule has 0 radical (unpaired) electrons. The van der Waals surface area contributed by atoms with Crippen LogP contribution >= 0.6 is 0 Å². The van der Waals surface area contributed by atoms with E-state index in [0.717, 1.165) is 25.0 Å². The molecular formula is C17H25NO3. The summed E-state index contributed by atoms with van der Waals surface area (Å²) >= 11 is 0. The highest BCUT2D eigenvalue weighted by atomic mass is 16.5. The van der Waals surface area contributed by atoms with E-state index in [2.05, 4.69) is 31.3 Å². The number of methoxy groups -OCH3 is 1. The maximum absolute atomic E-state index is 11.9. The molecule has 1 aromatic carbocycles. The Kier molecular flexibility index (Phi) is 5.62. The van der Waals surface area contributed by atoms with Gasteiger partial charge in [0.2, 0.25) is 5.91 Å². The van der Waals surface area contributed by atoms with Gasteiger partial charge >= 0.3 is 0 Å². The first kappa shape index (κ1) is 15.8. The Labute approximate surface area is 126 Å². The predicted octanol–water partition coefficient (Wildman–Crippen LogP) is 2.66. The van der Waals surface area contributed by atoms with E-state index in [1.165, 1.54) is 11.1 Å². The van der Waals surface area contributed by atoms with E-state index in [0.29, 0.717) is 19.1 Å². The second-order valence-electron chi connectivity index (χ2n) is 5.77. The minimum atomic E-state index is -0.243. The molecule has 2 rings (SSSR count). The maximum atomic E-state index is 11.9. The van der Waals surface area contributed by atoms with Crippen molar-refractivity contribution in [2.45, 2.75) is 45.1 Å². The minimum Gasteiger partial charge on any atom is -0.496 e. The molecule has 0 saturated carbocycles. The summed E-state index contributed by atoms with van der Waals surface area (Å²) in [5, 5.41) is 2.96. The molecule has 0 spiro atoms. The monoisotopic (exact) mass is 291 g/mol. The molecule has 4 heteroatoms. The molecule has 1 saturated heterocycles. The molecular weight excluding hydrogens is 266 g/mol. The van der Waals surface area contributed by atoms with Crippen LogP contribution in [0.1, 0.15) is 43.7 Å². The fraction of sp³-hybridized carbons (Fsp3) is 0.588. The lowest BCUT2D eigenvalue weighted by atomic mass is 9.98. The van der Waals surface area contributed by atoms with Crippen LogP contribution < -0.4 is 10.1 Å². The molecule has 21 heavy (non-hydrogen) atoms. The van der Waals surface area contributed by atoms with Crippen molar-refractivity contribution in [2.24, 2.45) is 0 Å². The third-order valence-corrected chi connectivity index (χ3v) is 3.85. The van der Waals surface area contributed by atoms with Crippen LogP contribution in [0.5, 0.6) is 5.75 Å². The summed E-state index contributed by atoms with van der Waals surface area (Å²) < 4.78 is 10.8. The van der Waals surface area contributed by atoms with E-state index in [9.17, 15) is 4.79 Å². The second kappa shape index (κ2) is 7.46. The first-order valence-corrected chi connectivity index (χ1v) is 7.68. The number of carbonyl (C=O) groups is 1. The van der Waals surface area contributed by atoms with Gasteiger partial charge in [0.15, 0.2) is 0 Å². The molecule has 116 valence electrons. The number of benzene rings is 1. The third kappa shape index (κ3) is 4.21. The van der Waals surface area contributed by atoms with Gasteiger partial charge in [-0.1, -0.05) is 26.0 Å². The lowest BCUT2D eigenvalue weighted by Gasteiger charge is -2.14. The van der Waals surface area contributed by atoms with Crippen LogP contribution in [-0.4, -0.2) is 32.3 Å². The summed E-state index contributed by atoms with van der Waals surface area (Å²) in [5.74, 6) is 1.36. The molecule has 0 bridgehead atoms. The highest BCUT2D eigenvalue weighted by Crippen LogP contribution is 2.27. The molecule has 1 N–H and O–H groups in total. The quantitative estimate of drug-likeness (QED) is 0.876. The number of carbonyl (C=O) groups excluding carboxylic acids is 1. The molecule has 0 aliphatic carbocycles. The van der Waals surface area contributed by atoms with Crippen molar-refractivity contribution < 1.29 is 14.3 Å². The van der Waals surface area contributed by atoms with Crippen LogP contribution in [0.4, 0.5) is 0 Å². The Balaban J connectivity index is 1.88. The number of hydrogen-bond donors (Lipinski definition) is 1. The first-order valence-electron chi connectivity index (χ1n) is 7.68. The van der Waals surface area contributed by atoms with Gasteiger partial charge in [-0.05, 0) is 42.4 Å². The molecule has 1 aliphatic heterocycles. The van der Waals surface area contributed by atoms with Crippen LogP contribution in [0.3, 0.4) is 0 Å². The van der Waals surface area contributed by atoms with Gasteiger partial charge in [-0.15, -0.1) is 0 Å². The van der Waals surface area contributed by atoms with Crippen LogP contribution in [0.15, 0.2) is 18.2 Å². The highest BCUT2D eigenvalue weighted by Gasteiger charge is 2.22. The molecule has 0 aromatic heterocycles. The van der Waals surface area contributed by atoms with Crippen LogP contribution in [0.25, 0.3) is 0 Å². The Morgan fingerprint density at radius 1 is 1.48 bits per heavy atom. The Morgan fingerprint density at radius 2 is 2.29 bits per heavy atom. The first-order chi connectivity index (χ1) is 10.1. The lowest BCUT2D eigenvalue weighted by molar-refractivity contribution is -0.129. The maximum Gasteiger partial charge on any atom is 0.249 e. The van der Waals surface area contributed by atoms with E-state index >= 15 is 0 Å². The largest absolute Gasteiger partial charge is 0.496 e. The number of amides is 1. The average molecular weight is 291 g/mol. The van der Waals surface area contributed by atoms with Crippen LogP contribution in [0, 0.1) is 0 Å². The van der Waals surface area contributed by atoms with Gasteiger partial charge in [0.25, 0.3) is 0 Å². The zero-order chi connectivity index (χ0) is 15.2. The van der Waals surface area contributed by atoms with Crippen molar-refractivity contribution in [3.63, 3.8) is 0 Å². The van der Waals surface area contributed by atoms with E-state index in [1.54, 1.807) is 7.11 Å². The molecule has 1 atom stereocenters. The normalized spacial score (nSPS) is 18.0. The van der Waals surface area contributed by atoms with Crippen molar-refractivity contribution in [1.82, 2.24) is 5.32 Å². The zero-order valence-electron chi connectivity index (χ0n) is 13.1. The van der Waals surface area contributed by atoms with E-state index in [-0.39, 0.29) is 12.0 Å². The summed E-state index contributed by atoms with van der Waals surface area (Å²) in [5.41, 5.74) is 2.42. The van der Waals surface area contributed by atoms with Crippen molar-refractivity contribution >= 4 is 5.91 Å². The Hall–Kier alpha value is -1.55. The Bertz CT molecular complexity index is 479. The van der Waals surface area contributed by atoms with Gasteiger partial charge in [-0.25, -0.2) is 0 Å². The third-order valence-electron chi connectivity index (χ3n) is 3.85. The van der Waals surface area contributed by atoms with Crippen LogP contribution in [-0.2, 0) is 16.0 Å². The van der Waals surface area contributed by atoms with E-state index in [1.807, 2.05) is 6.07 Å². The lowest BCUT2D eigenvalue weighted by Crippen LogP contribution is -2.35. The molecule has 1 heterocycles. The number of ether oxygens (including phenoxy) is 2. The average Bonchev–Trinajstić information content (AvgIpc) is 3.01. The fourth-order valence-corrected chi connectivity index (χ4v) is 2.62. The van der Waals surface area contributed by atoms with E-state index in [4.69, 9.17) is 9.47 Å². The van der Waals surface area contributed by atoms with Crippen LogP contribution in [0.2, 0.25) is 0 Å². The standard InChI is InChI=1S/C17H25NO3/c1-12(2)14-11-13(6-7-15(14)20-3)8-9-18-17(19)16-5-4-10-21-16/h6-7,11-12,16H,4-5,8-10H2,1-3H3,(H,18,19). The van der Waals surface area contributed by atoms with Crippen molar-refractivity contribution in [1.29, 1.82) is 0 Å². The SMILES string of the molecule is COc1ccc(CCNC(=O)C2CCCO2)cc1C(C)C. The van der Waals surface area contributed by atoms with Gasteiger partial charge in [0, 0.05) is 13.2 Å². The number of nitrogens with one attached hydrogen (secondary N) is 1. The second-order valence-corrected chi connectivity index (χ2v) is 5.77. The van der Waals surface area contributed by atoms with Crippen molar-refractivity contribution in [2.75, 3.05) is 20.3 Å². The summed E-state index contributed by atoms with van der Waals surface area (Å²) in [4.78, 5) is 11.9. The van der Waals surface area contributed by atoms with Crippen molar-refractivity contribution in [3.05, 3.63) is 29.3 Å². The summed E-state index contributed by atoms with van der Waals surface area (Å²) in [6, 6.07) is 6.23. The van der Waals surface area contributed by atoms with Gasteiger partial charge in [0.1, 0.15) is 11.9 Å². The fourth-order valence-electron chi connectivity index (χ4n) is 2.62. The molecule has 1 aliphatic rings. The summed E-state index contributed by atoms with van der Waals surface area (Å²) in [7, 11) is 1.70. The molecule has 1 aromatic rings. The van der Waals surface area contributed by atoms with E-state index < -0.39 is 0 Å². The topological polar surface area (TPSA) is 47.6 Å². The van der Waals surface area contributed by atoms with Gasteiger partial charge in [-0.3, -0.25) is 4.79 Å². The predicted molar refractivity (Wildman–Crippen MR) is 82.8 cm³/mol. The van der Waals surface area contributed by atoms with Gasteiger partial charge < -0.3 is 14.8 Å². The van der Waals surface area contributed by atoms with Gasteiger partial charge in [-0.2, -0.15) is 0 Å². The molecule has 4 nitrogen and oxygen atoms in total. The molecule has 1 fully saturated rings. The van der Waals surface area contributed by atoms with Crippen molar-refractivity contribution in [3.8, 4) is 5.75 Å². The zero-order valence-corrected chi connectivity index (χ0v) is 13.1. The Morgan fingerprint density at radius 3 is 2.90 bits per heavy atom. The molecule has 1 unspecified atom stereocenters. The number of hydrogen-bond acceptors (Lipinski definition) is 3. The summed E-state index contributed by atoms with van der Waals surface area (Å²) in [6.07, 6.45) is 2.40. The minimum absolute atomic E-state index is 0.0186. The van der Waals surface area contributed by atoms with Gasteiger partial charge in [0.05, 0.1) is 7.11 Å². The highest BCUT2D eigenvalue weighted by molar-refractivity contribution is 5.80. The molecule has 1 amide bonds. The smallest absolute Gasteiger partial charge is 0.249 e. The summed E-state index contributed by atoms with van der Waals surface area (Å²) in [6.45, 7) is 5.65. The number of rotatable bonds is 6.